The van der Waals surface area contributed by atoms with Gasteiger partial charge in [-0.25, -0.2) is 4.39 Å². The Bertz CT molecular complexity index is 1170. The summed E-state index contributed by atoms with van der Waals surface area (Å²) < 4.78 is 20.0. The van der Waals surface area contributed by atoms with Crippen molar-refractivity contribution in [3.05, 3.63) is 81.5 Å². The molecule has 0 saturated heterocycles. The van der Waals surface area contributed by atoms with E-state index in [-0.39, 0.29) is 11.3 Å². The number of rotatable bonds is 6. The largest absolute Gasteiger partial charge is 0.503 e. The molecule has 0 radical (unpaired) electrons. The van der Waals surface area contributed by atoms with E-state index in [0.717, 1.165) is 16.3 Å². The maximum Gasteiger partial charge on any atom is 0.290 e. The van der Waals surface area contributed by atoms with Crippen LogP contribution in [-0.4, -0.2) is 28.2 Å². The number of ketones is 1. The van der Waals surface area contributed by atoms with E-state index in [1.165, 1.54) is 29.2 Å². The highest BCUT2D eigenvalue weighted by molar-refractivity contribution is 9.10. The molecule has 0 bridgehead atoms. The summed E-state index contributed by atoms with van der Waals surface area (Å²) in [5.74, 6) is -2.16. The number of aliphatic hydroxyl groups excluding tert-OH is 1. The molecule has 1 aliphatic heterocycles. The second-order valence-electron chi connectivity index (χ2n) is 7.19. The van der Waals surface area contributed by atoms with Crippen molar-refractivity contribution < 1.29 is 23.5 Å². The Morgan fingerprint density at radius 3 is 2.63 bits per heavy atom. The Balaban J connectivity index is 1.79. The van der Waals surface area contributed by atoms with Crippen molar-refractivity contribution in [2.24, 2.45) is 0 Å². The van der Waals surface area contributed by atoms with Gasteiger partial charge in [-0.3, -0.25) is 9.59 Å². The molecule has 0 aliphatic carbocycles. The molecule has 7 heteroatoms. The summed E-state index contributed by atoms with van der Waals surface area (Å²) in [5, 5.41) is 11.3. The van der Waals surface area contributed by atoms with Crippen molar-refractivity contribution in [2.45, 2.75) is 25.8 Å². The lowest BCUT2D eigenvalue weighted by Crippen LogP contribution is -2.32. The minimum atomic E-state index is -0.808. The maximum atomic E-state index is 13.5. The summed E-state index contributed by atoms with van der Waals surface area (Å²) in [6.45, 7) is 2.35. The number of benzene rings is 2. The lowest BCUT2D eigenvalue weighted by Gasteiger charge is -2.26. The van der Waals surface area contributed by atoms with Gasteiger partial charge in [-0.05, 0) is 48.4 Å². The van der Waals surface area contributed by atoms with Gasteiger partial charge >= 0.3 is 0 Å². The van der Waals surface area contributed by atoms with Crippen molar-refractivity contribution >= 4 is 38.6 Å². The molecule has 1 aliphatic rings. The molecule has 154 valence electrons. The number of aliphatic hydroxyl groups is 1. The minimum Gasteiger partial charge on any atom is -0.503 e. The summed E-state index contributed by atoms with van der Waals surface area (Å²) in [6.07, 6.45) is 1.54. The third-order valence-electron chi connectivity index (χ3n) is 5.19. The zero-order valence-electron chi connectivity index (χ0n) is 16.2. The zero-order chi connectivity index (χ0) is 21.4. The average molecular weight is 472 g/mol. The van der Waals surface area contributed by atoms with Gasteiger partial charge in [0.2, 0.25) is 5.78 Å². The Morgan fingerprint density at radius 1 is 1.20 bits per heavy atom. The van der Waals surface area contributed by atoms with Crippen LogP contribution in [0.4, 0.5) is 4.39 Å². The number of nitrogens with zero attached hydrogens (tertiary/aromatic N) is 1. The summed E-state index contributed by atoms with van der Waals surface area (Å²) in [7, 11) is 0. The summed E-state index contributed by atoms with van der Waals surface area (Å²) in [6, 6.07) is 11.7. The molecule has 30 heavy (non-hydrogen) atoms. The number of carbonyl (C=O) groups is 2. The van der Waals surface area contributed by atoms with Gasteiger partial charge in [0, 0.05) is 16.4 Å². The van der Waals surface area contributed by atoms with E-state index in [4.69, 9.17) is 4.42 Å². The van der Waals surface area contributed by atoms with Gasteiger partial charge in [0.15, 0.2) is 11.5 Å². The molecule has 0 saturated carbocycles. The SMILES string of the molecule is CCCCN1C(=O)C(O)=C(C(=O)c2cc3cc(Br)ccc3o2)C1c1ccc(F)cc1. The van der Waals surface area contributed by atoms with Gasteiger partial charge < -0.3 is 14.4 Å². The quantitative estimate of drug-likeness (QED) is 0.467. The fourth-order valence-electron chi connectivity index (χ4n) is 3.70. The van der Waals surface area contributed by atoms with Crippen molar-refractivity contribution in [1.29, 1.82) is 0 Å². The van der Waals surface area contributed by atoms with Gasteiger partial charge in [-0.1, -0.05) is 41.4 Å². The summed E-state index contributed by atoms with van der Waals surface area (Å²) >= 11 is 3.38. The van der Waals surface area contributed by atoms with Crippen molar-refractivity contribution in [2.75, 3.05) is 6.54 Å². The number of hydrogen-bond acceptors (Lipinski definition) is 4. The first kappa shape index (κ1) is 20.3. The first-order valence-electron chi connectivity index (χ1n) is 9.64. The molecule has 4 rings (SSSR count). The first-order chi connectivity index (χ1) is 14.4. The monoisotopic (exact) mass is 471 g/mol. The van der Waals surface area contributed by atoms with E-state index >= 15 is 0 Å². The van der Waals surface area contributed by atoms with Crippen LogP contribution in [0, 0.1) is 5.82 Å². The lowest BCUT2D eigenvalue weighted by molar-refractivity contribution is -0.129. The molecule has 1 unspecified atom stereocenters. The van der Waals surface area contributed by atoms with Crippen LogP contribution < -0.4 is 0 Å². The van der Waals surface area contributed by atoms with E-state index in [9.17, 15) is 19.1 Å². The van der Waals surface area contributed by atoms with E-state index in [0.29, 0.717) is 24.1 Å². The van der Waals surface area contributed by atoms with Gasteiger partial charge in [-0.2, -0.15) is 0 Å². The highest BCUT2D eigenvalue weighted by atomic mass is 79.9. The van der Waals surface area contributed by atoms with Crippen LogP contribution in [0.1, 0.15) is 41.9 Å². The standard InChI is InChI=1S/C23H19BrFNO4/c1-2-3-10-26-20(13-4-7-16(25)8-5-13)19(22(28)23(26)29)21(27)18-12-14-11-15(24)6-9-17(14)30-18/h4-9,11-12,20,28H,2-3,10H2,1H3. The van der Waals surface area contributed by atoms with Crippen LogP contribution in [0.5, 0.6) is 0 Å². The van der Waals surface area contributed by atoms with E-state index in [2.05, 4.69) is 15.9 Å². The molecular weight excluding hydrogens is 453 g/mol. The number of hydrogen-bond donors (Lipinski definition) is 1. The van der Waals surface area contributed by atoms with Gasteiger partial charge in [0.05, 0.1) is 11.6 Å². The number of halogens is 2. The van der Waals surface area contributed by atoms with E-state index < -0.39 is 29.3 Å². The van der Waals surface area contributed by atoms with Crippen LogP contribution in [0.25, 0.3) is 11.0 Å². The van der Waals surface area contributed by atoms with Gasteiger partial charge in [0.25, 0.3) is 5.91 Å². The van der Waals surface area contributed by atoms with Crippen molar-refractivity contribution in [3.63, 3.8) is 0 Å². The Kier molecular flexibility index (Phi) is 5.47. The second kappa shape index (κ2) is 8.07. The van der Waals surface area contributed by atoms with E-state index in [1.54, 1.807) is 18.2 Å². The van der Waals surface area contributed by atoms with Gasteiger partial charge in [-0.15, -0.1) is 0 Å². The Labute approximate surface area is 180 Å². The number of Topliss-reactive ketones (excluding diaryl/α,β-unsaturated/α-hetero) is 1. The number of carbonyl (C=O) groups excluding carboxylic acids is 2. The third kappa shape index (κ3) is 3.54. The first-order valence-corrected chi connectivity index (χ1v) is 10.4. The minimum absolute atomic E-state index is 0.0295. The molecule has 2 heterocycles. The van der Waals surface area contributed by atoms with E-state index in [1.807, 2.05) is 13.0 Å². The predicted octanol–water partition coefficient (Wildman–Crippen LogP) is 5.71. The van der Waals surface area contributed by atoms with Crippen LogP contribution in [0.3, 0.4) is 0 Å². The number of fused-ring (bicyclic) bond motifs is 1. The molecule has 1 amide bonds. The molecule has 2 aromatic carbocycles. The number of amides is 1. The Hall–Kier alpha value is -2.93. The Morgan fingerprint density at radius 2 is 1.93 bits per heavy atom. The van der Waals surface area contributed by atoms with Crippen LogP contribution in [0.15, 0.2) is 68.8 Å². The number of unbranched alkanes of at least 4 members (excludes halogenated alkanes) is 1. The average Bonchev–Trinajstić information content (AvgIpc) is 3.26. The zero-order valence-corrected chi connectivity index (χ0v) is 17.8. The number of furan rings is 1. The smallest absolute Gasteiger partial charge is 0.290 e. The fourth-order valence-corrected chi connectivity index (χ4v) is 4.07. The highest BCUT2D eigenvalue weighted by Gasteiger charge is 2.44. The van der Waals surface area contributed by atoms with Crippen molar-refractivity contribution in [1.82, 2.24) is 4.90 Å². The topological polar surface area (TPSA) is 70.8 Å². The molecule has 1 atom stereocenters. The highest BCUT2D eigenvalue weighted by Crippen LogP contribution is 2.40. The van der Waals surface area contributed by atoms with Crippen LogP contribution in [-0.2, 0) is 4.79 Å². The van der Waals surface area contributed by atoms with Crippen LogP contribution >= 0.6 is 15.9 Å². The third-order valence-corrected chi connectivity index (χ3v) is 5.68. The molecule has 0 fully saturated rings. The fraction of sp³-hybridized carbons (Fsp3) is 0.217. The van der Waals surface area contributed by atoms with Gasteiger partial charge in [0.1, 0.15) is 11.4 Å². The molecule has 0 spiro atoms. The summed E-state index contributed by atoms with van der Waals surface area (Å²) in [4.78, 5) is 27.6. The molecule has 5 nitrogen and oxygen atoms in total. The predicted molar refractivity (Wildman–Crippen MR) is 114 cm³/mol. The normalized spacial score (nSPS) is 16.7. The van der Waals surface area contributed by atoms with Crippen LogP contribution in [0.2, 0.25) is 0 Å². The molecule has 3 aromatic rings. The molecule has 1 N–H and O–H groups in total. The van der Waals surface area contributed by atoms with Crippen molar-refractivity contribution in [3.8, 4) is 0 Å². The molecule has 1 aromatic heterocycles. The maximum absolute atomic E-state index is 13.5. The second-order valence-corrected chi connectivity index (χ2v) is 8.11. The lowest BCUT2D eigenvalue weighted by atomic mass is 9.95. The summed E-state index contributed by atoms with van der Waals surface area (Å²) in [5.41, 5.74) is 1.01. The molecular formula is C23H19BrFNO4.